The van der Waals surface area contributed by atoms with Gasteiger partial charge in [-0.3, -0.25) is 9.59 Å². The number of amides is 1. The van der Waals surface area contributed by atoms with Crippen LogP contribution in [0, 0.1) is 25.7 Å². The van der Waals surface area contributed by atoms with Gasteiger partial charge in [0.25, 0.3) is 0 Å². The number of benzene rings is 1. The van der Waals surface area contributed by atoms with Crippen molar-refractivity contribution in [2.45, 2.75) is 46.5 Å². The van der Waals surface area contributed by atoms with Crippen LogP contribution in [0.3, 0.4) is 0 Å². The van der Waals surface area contributed by atoms with E-state index in [0.29, 0.717) is 39.1 Å². The number of piperidine rings is 2. The van der Waals surface area contributed by atoms with Gasteiger partial charge in [0.15, 0.2) is 5.82 Å². The number of aryl methyl sites for hydroxylation is 2. The molecule has 0 N–H and O–H groups in total. The zero-order valence-corrected chi connectivity index (χ0v) is 19.9. The maximum absolute atomic E-state index is 13.2. The fourth-order valence-corrected chi connectivity index (χ4v) is 4.79. The van der Waals surface area contributed by atoms with Gasteiger partial charge in [-0.2, -0.15) is 0 Å². The van der Waals surface area contributed by atoms with E-state index in [-0.39, 0.29) is 23.7 Å². The molecule has 4 rings (SSSR count). The summed E-state index contributed by atoms with van der Waals surface area (Å²) in [5.74, 6) is 0.765. The molecular weight excluding hydrogens is 416 g/mol. The van der Waals surface area contributed by atoms with Gasteiger partial charge in [0.2, 0.25) is 5.91 Å². The zero-order chi connectivity index (χ0) is 23.4. The Labute approximate surface area is 196 Å². The number of nitrogens with zero attached hydrogens (tertiary/aromatic N) is 4. The Kier molecular flexibility index (Phi) is 7.26. The third-order valence-electron chi connectivity index (χ3n) is 6.97. The number of anilines is 1. The number of hydrogen-bond donors (Lipinski definition) is 0. The number of carbonyl (C=O) groups is 2. The van der Waals surface area contributed by atoms with E-state index in [1.165, 1.54) is 11.1 Å². The summed E-state index contributed by atoms with van der Waals surface area (Å²) in [4.78, 5) is 29.3. The minimum atomic E-state index is -0.128. The van der Waals surface area contributed by atoms with Crippen LogP contribution in [0.5, 0.6) is 0 Å². The minimum Gasteiger partial charge on any atom is -0.466 e. The summed E-state index contributed by atoms with van der Waals surface area (Å²) in [5.41, 5.74) is 4.42. The van der Waals surface area contributed by atoms with Crippen LogP contribution in [-0.2, 0) is 14.3 Å². The average Bonchev–Trinajstić information content (AvgIpc) is 2.86. The van der Waals surface area contributed by atoms with Gasteiger partial charge in [-0.25, -0.2) is 0 Å². The molecule has 2 aromatic rings. The second-order valence-electron chi connectivity index (χ2n) is 9.21. The molecule has 7 nitrogen and oxygen atoms in total. The molecule has 1 aromatic carbocycles. The molecule has 0 aliphatic carbocycles. The van der Waals surface area contributed by atoms with Crippen molar-refractivity contribution in [3.63, 3.8) is 0 Å². The van der Waals surface area contributed by atoms with Crippen LogP contribution in [0.4, 0.5) is 5.82 Å². The van der Waals surface area contributed by atoms with E-state index in [1.54, 1.807) is 0 Å². The molecule has 7 heteroatoms. The predicted molar refractivity (Wildman–Crippen MR) is 128 cm³/mol. The first-order chi connectivity index (χ1) is 16.0. The normalized spacial score (nSPS) is 19.4. The van der Waals surface area contributed by atoms with Gasteiger partial charge in [-0.15, -0.1) is 10.2 Å². The van der Waals surface area contributed by atoms with Crippen molar-refractivity contribution in [3.05, 3.63) is 41.5 Å². The number of likely N-dealkylation sites (tertiary alicyclic amines) is 1. The first kappa shape index (κ1) is 23.2. The smallest absolute Gasteiger partial charge is 0.309 e. The Morgan fingerprint density at radius 2 is 1.76 bits per heavy atom. The van der Waals surface area contributed by atoms with E-state index in [2.05, 4.69) is 47.1 Å². The molecule has 2 saturated heterocycles. The van der Waals surface area contributed by atoms with Gasteiger partial charge in [0.1, 0.15) is 0 Å². The van der Waals surface area contributed by atoms with Crippen LogP contribution in [0.25, 0.3) is 11.3 Å². The van der Waals surface area contributed by atoms with E-state index in [0.717, 1.165) is 36.5 Å². The average molecular weight is 451 g/mol. The number of rotatable bonds is 5. The summed E-state index contributed by atoms with van der Waals surface area (Å²) in [6.45, 7) is 9.24. The summed E-state index contributed by atoms with van der Waals surface area (Å²) in [7, 11) is 0. The first-order valence-electron chi connectivity index (χ1n) is 12.1. The molecule has 1 aromatic heterocycles. The SMILES string of the molecule is CCOC(=O)C1CCN(C(=O)C2CCCN(c3ccc(-c4ccc(C)c(C)c4)nn3)C2)CC1. The fourth-order valence-electron chi connectivity index (χ4n) is 4.79. The summed E-state index contributed by atoms with van der Waals surface area (Å²) in [5, 5.41) is 8.95. The molecule has 2 aliphatic rings. The lowest BCUT2D eigenvalue weighted by Gasteiger charge is -2.37. The third kappa shape index (κ3) is 5.34. The second kappa shape index (κ2) is 10.3. The monoisotopic (exact) mass is 450 g/mol. The van der Waals surface area contributed by atoms with Gasteiger partial charge in [-0.1, -0.05) is 12.1 Å². The van der Waals surface area contributed by atoms with Crippen LogP contribution in [0.1, 0.15) is 43.7 Å². The number of aromatic nitrogens is 2. The molecule has 0 bridgehead atoms. The molecule has 1 atom stereocenters. The van der Waals surface area contributed by atoms with Crippen molar-refractivity contribution < 1.29 is 14.3 Å². The molecule has 176 valence electrons. The highest BCUT2D eigenvalue weighted by Gasteiger charge is 2.33. The van der Waals surface area contributed by atoms with Gasteiger partial charge < -0.3 is 14.5 Å². The Hall–Kier alpha value is -2.96. The fraction of sp³-hybridized carbons (Fsp3) is 0.538. The summed E-state index contributed by atoms with van der Waals surface area (Å²) in [6.07, 6.45) is 3.22. The molecule has 33 heavy (non-hydrogen) atoms. The Morgan fingerprint density at radius 3 is 2.42 bits per heavy atom. The first-order valence-corrected chi connectivity index (χ1v) is 12.1. The lowest BCUT2D eigenvalue weighted by atomic mass is 9.93. The number of carbonyl (C=O) groups excluding carboxylic acids is 2. The Morgan fingerprint density at radius 1 is 0.970 bits per heavy atom. The van der Waals surface area contributed by atoms with Crippen LogP contribution < -0.4 is 4.90 Å². The van der Waals surface area contributed by atoms with Gasteiger partial charge in [0.05, 0.1) is 24.1 Å². The van der Waals surface area contributed by atoms with Crippen molar-refractivity contribution in [3.8, 4) is 11.3 Å². The molecular formula is C26H34N4O3. The number of hydrogen-bond acceptors (Lipinski definition) is 6. The predicted octanol–water partition coefficient (Wildman–Crippen LogP) is 3.78. The molecule has 2 aliphatic heterocycles. The summed E-state index contributed by atoms with van der Waals surface area (Å²) >= 11 is 0. The summed E-state index contributed by atoms with van der Waals surface area (Å²) in [6, 6.07) is 10.3. The van der Waals surface area contributed by atoms with E-state index >= 15 is 0 Å². The van der Waals surface area contributed by atoms with Crippen LogP contribution >= 0.6 is 0 Å². The Bertz CT molecular complexity index is 984. The van der Waals surface area contributed by atoms with Crippen LogP contribution in [-0.4, -0.2) is 59.8 Å². The highest BCUT2D eigenvalue weighted by molar-refractivity contribution is 5.80. The number of esters is 1. The van der Waals surface area contributed by atoms with Crippen LogP contribution in [0.2, 0.25) is 0 Å². The Balaban J connectivity index is 1.36. The lowest BCUT2D eigenvalue weighted by molar-refractivity contribution is -0.151. The van der Waals surface area contributed by atoms with Crippen molar-refractivity contribution in [2.24, 2.45) is 11.8 Å². The standard InChI is InChI=1S/C26H34N4O3/c1-4-33-26(32)20-11-14-29(15-12-20)25(31)22-6-5-13-30(17-22)24-10-9-23(27-28-24)21-8-7-18(2)19(3)16-21/h7-10,16,20,22H,4-6,11-15,17H2,1-3H3. The second-order valence-corrected chi connectivity index (χ2v) is 9.21. The topological polar surface area (TPSA) is 75.6 Å². The van der Waals surface area contributed by atoms with Gasteiger partial charge in [-0.05, 0) is 75.8 Å². The van der Waals surface area contributed by atoms with E-state index in [9.17, 15) is 9.59 Å². The maximum Gasteiger partial charge on any atom is 0.309 e. The zero-order valence-electron chi connectivity index (χ0n) is 19.9. The van der Waals surface area contributed by atoms with Crippen molar-refractivity contribution in [2.75, 3.05) is 37.7 Å². The van der Waals surface area contributed by atoms with Gasteiger partial charge in [0, 0.05) is 31.7 Å². The van der Waals surface area contributed by atoms with Gasteiger partial charge >= 0.3 is 5.97 Å². The lowest BCUT2D eigenvalue weighted by Crippen LogP contribution is -2.48. The maximum atomic E-state index is 13.2. The van der Waals surface area contributed by atoms with Crippen molar-refractivity contribution in [1.82, 2.24) is 15.1 Å². The molecule has 2 fully saturated rings. The molecule has 0 saturated carbocycles. The quantitative estimate of drug-likeness (QED) is 0.646. The van der Waals surface area contributed by atoms with E-state index in [1.807, 2.05) is 24.0 Å². The third-order valence-corrected chi connectivity index (χ3v) is 6.97. The highest BCUT2D eigenvalue weighted by atomic mass is 16.5. The van der Waals surface area contributed by atoms with E-state index in [4.69, 9.17) is 4.74 Å². The number of ether oxygens (including phenoxy) is 1. The molecule has 0 radical (unpaired) electrons. The highest BCUT2D eigenvalue weighted by Crippen LogP contribution is 2.27. The largest absolute Gasteiger partial charge is 0.466 e. The van der Waals surface area contributed by atoms with E-state index < -0.39 is 0 Å². The van der Waals surface area contributed by atoms with Crippen molar-refractivity contribution in [1.29, 1.82) is 0 Å². The molecule has 1 amide bonds. The van der Waals surface area contributed by atoms with Crippen molar-refractivity contribution >= 4 is 17.7 Å². The molecule has 1 unspecified atom stereocenters. The minimum absolute atomic E-state index is 0.0425. The summed E-state index contributed by atoms with van der Waals surface area (Å²) < 4.78 is 5.14. The molecule has 0 spiro atoms. The molecule has 3 heterocycles. The van der Waals surface area contributed by atoms with Crippen LogP contribution in [0.15, 0.2) is 30.3 Å².